The summed E-state index contributed by atoms with van der Waals surface area (Å²) in [5.41, 5.74) is 15.4. The Morgan fingerprint density at radius 2 is 1.62 bits per heavy atom. The fourth-order valence-electron chi connectivity index (χ4n) is 11.2. The molecule has 3 heteroatoms. The van der Waals surface area contributed by atoms with Gasteiger partial charge in [-0.15, -0.1) is 11.8 Å². The van der Waals surface area contributed by atoms with Gasteiger partial charge in [-0.3, -0.25) is 0 Å². The first-order valence-corrected chi connectivity index (χ1v) is 21.8. The summed E-state index contributed by atoms with van der Waals surface area (Å²) in [7, 11) is 0. The van der Waals surface area contributed by atoms with Crippen molar-refractivity contribution in [2.24, 2.45) is 5.92 Å². The number of hydrogen-bond acceptors (Lipinski definition) is 2. The standard InChI is InChI=1S/C49H47NS2/c1-3-13-32(14-4-1)35-24-27-41-48(31-35)52-47-28-25-33(29-42(47)49(41)39-18-8-11-21-45(39)51-46-22-12-9-19-40(46)49)34-23-26-38-37-17-7-10-20-43(37)50(44(38)30-34)36-15-5-2-6-16-36/h1-5,7,11,13-15,17,19,21,23-29,34-35,39,45-46H,6,8-10,12,16,18,20,22,30-31H2. The van der Waals surface area contributed by atoms with Crippen LogP contribution in [-0.4, -0.2) is 15.1 Å². The molecule has 1 aromatic heterocycles. The molecule has 2 aliphatic heterocycles. The average molecular weight is 714 g/mol. The molecule has 0 radical (unpaired) electrons. The van der Waals surface area contributed by atoms with E-state index in [4.69, 9.17) is 0 Å². The topological polar surface area (TPSA) is 4.93 Å². The summed E-state index contributed by atoms with van der Waals surface area (Å²) in [6.45, 7) is 0. The van der Waals surface area contributed by atoms with Gasteiger partial charge < -0.3 is 4.57 Å². The molecule has 8 aliphatic rings. The second-order valence-electron chi connectivity index (χ2n) is 16.2. The normalized spacial score (nSPS) is 30.9. The molecule has 6 unspecified atom stereocenters. The lowest BCUT2D eigenvalue weighted by molar-refractivity contribution is 0.315. The number of rotatable bonds is 3. The Morgan fingerprint density at radius 1 is 0.731 bits per heavy atom. The predicted octanol–water partition coefficient (Wildman–Crippen LogP) is 12.9. The molecule has 3 heterocycles. The summed E-state index contributed by atoms with van der Waals surface area (Å²) < 4.78 is 2.70. The molecule has 3 aromatic rings. The molecule has 1 spiro atoms. The zero-order chi connectivity index (χ0) is 34.2. The molecule has 1 nitrogen and oxygen atoms in total. The van der Waals surface area contributed by atoms with Crippen molar-refractivity contribution in [2.45, 2.75) is 103 Å². The van der Waals surface area contributed by atoms with Gasteiger partial charge in [-0.25, -0.2) is 0 Å². The molecule has 6 aliphatic carbocycles. The summed E-state index contributed by atoms with van der Waals surface area (Å²) in [6, 6.07) is 19.0. The molecule has 260 valence electrons. The fourth-order valence-corrected chi connectivity index (χ4v) is 14.4. The summed E-state index contributed by atoms with van der Waals surface area (Å²) >= 11 is 4.39. The summed E-state index contributed by atoms with van der Waals surface area (Å²) in [6.07, 6.45) is 42.9. The lowest BCUT2D eigenvalue weighted by Gasteiger charge is -2.57. The number of hydrogen-bond donors (Lipinski definition) is 0. The van der Waals surface area contributed by atoms with Crippen molar-refractivity contribution >= 4 is 41.4 Å². The molecule has 1 saturated heterocycles. The first kappa shape index (κ1) is 31.8. The molecule has 11 rings (SSSR count). The SMILES string of the molecule is C1=CCCC(n2c3c(c4c2CC(c2ccc5c(c2)C2(C6=CCCCC6SC6C=CCCC62)C2=C(CC(c6ccccc6)C=C2)S5)C=C4)C=CCC3)=C1. The second-order valence-corrected chi connectivity index (χ2v) is 18.7. The van der Waals surface area contributed by atoms with Crippen LogP contribution in [0.15, 0.2) is 130 Å². The molecule has 6 atom stereocenters. The quantitative estimate of drug-likeness (QED) is 0.249. The van der Waals surface area contributed by atoms with Crippen LogP contribution in [0.4, 0.5) is 0 Å². The molecule has 0 bridgehead atoms. The van der Waals surface area contributed by atoms with E-state index in [0.717, 1.165) is 38.5 Å². The van der Waals surface area contributed by atoms with E-state index in [-0.39, 0.29) is 5.41 Å². The van der Waals surface area contributed by atoms with Crippen LogP contribution >= 0.6 is 23.5 Å². The van der Waals surface area contributed by atoms with Gasteiger partial charge in [0.25, 0.3) is 0 Å². The maximum atomic E-state index is 2.73. The van der Waals surface area contributed by atoms with Crippen LogP contribution in [0.25, 0.3) is 17.8 Å². The van der Waals surface area contributed by atoms with Gasteiger partial charge in [0.1, 0.15) is 0 Å². The molecule has 1 fully saturated rings. The molecule has 0 saturated carbocycles. The highest BCUT2D eigenvalue weighted by molar-refractivity contribution is 8.03. The van der Waals surface area contributed by atoms with Crippen molar-refractivity contribution in [3.63, 3.8) is 0 Å². The van der Waals surface area contributed by atoms with Gasteiger partial charge in [-0.05, 0) is 121 Å². The van der Waals surface area contributed by atoms with E-state index in [1.54, 1.807) is 21.6 Å². The van der Waals surface area contributed by atoms with Crippen LogP contribution in [0.5, 0.6) is 0 Å². The minimum absolute atomic E-state index is 0.0528. The average Bonchev–Trinajstić information content (AvgIpc) is 3.55. The van der Waals surface area contributed by atoms with E-state index in [0.29, 0.717) is 28.3 Å². The smallest absolute Gasteiger partial charge is 0.0482 e. The van der Waals surface area contributed by atoms with E-state index >= 15 is 0 Å². The van der Waals surface area contributed by atoms with Crippen molar-refractivity contribution in [2.75, 3.05) is 0 Å². The summed E-state index contributed by atoms with van der Waals surface area (Å²) in [5, 5.41) is 1.17. The Hall–Kier alpha value is -3.66. The summed E-state index contributed by atoms with van der Waals surface area (Å²) in [5.74, 6) is 1.39. The van der Waals surface area contributed by atoms with Crippen molar-refractivity contribution in [1.82, 2.24) is 4.57 Å². The number of benzene rings is 2. The number of thioether (sulfide) groups is 2. The molecule has 2 aromatic carbocycles. The van der Waals surface area contributed by atoms with Gasteiger partial charge in [0.2, 0.25) is 0 Å². The van der Waals surface area contributed by atoms with Crippen LogP contribution in [0, 0.1) is 5.92 Å². The summed E-state index contributed by atoms with van der Waals surface area (Å²) in [4.78, 5) is 3.13. The van der Waals surface area contributed by atoms with E-state index in [9.17, 15) is 0 Å². The van der Waals surface area contributed by atoms with Crippen LogP contribution in [0.1, 0.15) is 109 Å². The largest absolute Gasteiger partial charge is 0.320 e. The number of fused-ring (bicyclic) bond motifs is 10. The minimum atomic E-state index is -0.0528. The molecular formula is C49H47NS2. The molecule has 0 N–H and O–H groups in total. The van der Waals surface area contributed by atoms with Crippen LogP contribution in [0.2, 0.25) is 0 Å². The lowest BCUT2D eigenvalue weighted by Crippen LogP contribution is -2.52. The van der Waals surface area contributed by atoms with E-state index in [1.165, 1.54) is 76.3 Å². The molecule has 0 amide bonds. The van der Waals surface area contributed by atoms with E-state index in [2.05, 4.69) is 150 Å². The molecule has 52 heavy (non-hydrogen) atoms. The fraction of sp³-hybridized carbons (Fsp3) is 0.347. The van der Waals surface area contributed by atoms with Crippen LogP contribution in [0.3, 0.4) is 0 Å². The first-order chi connectivity index (χ1) is 25.8. The minimum Gasteiger partial charge on any atom is -0.320 e. The van der Waals surface area contributed by atoms with Gasteiger partial charge in [0.15, 0.2) is 0 Å². The zero-order valence-corrected chi connectivity index (χ0v) is 31.6. The van der Waals surface area contributed by atoms with Gasteiger partial charge in [-0.2, -0.15) is 0 Å². The lowest BCUT2D eigenvalue weighted by atomic mass is 9.55. The highest BCUT2D eigenvalue weighted by atomic mass is 32.2. The maximum Gasteiger partial charge on any atom is 0.0482 e. The van der Waals surface area contributed by atoms with Gasteiger partial charge in [-0.1, -0.05) is 121 Å². The number of aromatic nitrogens is 1. The number of nitrogens with zero attached hydrogens (tertiary/aromatic N) is 1. The zero-order valence-electron chi connectivity index (χ0n) is 30.0. The van der Waals surface area contributed by atoms with Crippen LogP contribution < -0.4 is 0 Å². The van der Waals surface area contributed by atoms with Crippen molar-refractivity contribution < 1.29 is 0 Å². The van der Waals surface area contributed by atoms with Gasteiger partial charge in [0, 0.05) is 60.9 Å². The van der Waals surface area contributed by atoms with Crippen molar-refractivity contribution in [3.8, 4) is 0 Å². The Balaban J connectivity index is 1.06. The third-order valence-electron chi connectivity index (χ3n) is 13.5. The van der Waals surface area contributed by atoms with Crippen molar-refractivity contribution in [3.05, 3.63) is 165 Å². The molecular weight excluding hydrogens is 667 g/mol. The first-order valence-electron chi connectivity index (χ1n) is 20.1. The Morgan fingerprint density at radius 3 is 2.54 bits per heavy atom. The van der Waals surface area contributed by atoms with E-state index < -0.39 is 0 Å². The maximum absolute atomic E-state index is 2.73. The highest BCUT2D eigenvalue weighted by Gasteiger charge is 2.58. The third kappa shape index (κ3) is 4.84. The van der Waals surface area contributed by atoms with Gasteiger partial charge >= 0.3 is 0 Å². The number of allylic oxidation sites excluding steroid dienone is 12. The Kier molecular flexibility index (Phi) is 7.80. The Labute approximate surface area is 318 Å². The van der Waals surface area contributed by atoms with Crippen LogP contribution in [-0.2, 0) is 18.3 Å². The highest BCUT2D eigenvalue weighted by Crippen LogP contribution is 2.66. The third-order valence-corrected chi connectivity index (χ3v) is 16.3. The monoisotopic (exact) mass is 713 g/mol. The van der Waals surface area contributed by atoms with Gasteiger partial charge in [0.05, 0.1) is 0 Å². The second kappa shape index (κ2) is 12.7. The van der Waals surface area contributed by atoms with E-state index in [1.807, 2.05) is 0 Å². The predicted molar refractivity (Wildman–Crippen MR) is 223 cm³/mol. The van der Waals surface area contributed by atoms with Crippen molar-refractivity contribution in [1.29, 1.82) is 0 Å². The Bertz CT molecular complexity index is 2210.